The second-order valence-electron chi connectivity index (χ2n) is 7.41. The van der Waals surface area contributed by atoms with Crippen molar-refractivity contribution in [3.8, 4) is 0 Å². The number of carbonyl (C=O) groups excluding carboxylic acids is 2. The van der Waals surface area contributed by atoms with E-state index >= 15 is 0 Å². The number of fused-ring (bicyclic) bond motifs is 2. The van der Waals surface area contributed by atoms with E-state index in [4.69, 9.17) is 11.6 Å². The van der Waals surface area contributed by atoms with Crippen molar-refractivity contribution in [3.05, 3.63) is 74.8 Å². The molecule has 4 nitrogen and oxygen atoms in total. The summed E-state index contributed by atoms with van der Waals surface area (Å²) in [5.41, 5.74) is 2.66. The minimum absolute atomic E-state index is 0.195. The maximum Gasteiger partial charge on any atom is 0.261 e. The van der Waals surface area contributed by atoms with Gasteiger partial charge in [-0.1, -0.05) is 45.7 Å². The van der Waals surface area contributed by atoms with Gasteiger partial charge in [-0.05, 0) is 61.1 Å². The van der Waals surface area contributed by atoms with Gasteiger partial charge >= 0.3 is 0 Å². The molecule has 6 heteroatoms. The largest absolute Gasteiger partial charge is 0.271 e. The molecule has 2 aromatic carbocycles. The van der Waals surface area contributed by atoms with E-state index in [0.29, 0.717) is 28.6 Å². The molecular formula is C22H16BrClN2O2. The number of nitrogens with zero attached hydrogens (tertiary/aromatic N) is 2. The predicted octanol–water partition coefficient (Wildman–Crippen LogP) is 5.27. The number of halogens is 2. The van der Waals surface area contributed by atoms with Crippen molar-refractivity contribution in [1.82, 2.24) is 9.88 Å². The van der Waals surface area contributed by atoms with Crippen molar-refractivity contribution in [2.45, 2.75) is 25.3 Å². The van der Waals surface area contributed by atoms with Crippen molar-refractivity contribution < 1.29 is 9.59 Å². The second-order valence-corrected chi connectivity index (χ2v) is 8.68. The van der Waals surface area contributed by atoms with Crippen LogP contribution >= 0.6 is 27.5 Å². The molecule has 1 atom stereocenters. The predicted molar refractivity (Wildman–Crippen MR) is 112 cm³/mol. The Kier molecular flexibility index (Phi) is 4.25. The smallest absolute Gasteiger partial charge is 0.261 e. The van der Waals surface area contributed by atoms with E-state index in [2.05, 4.69) is 20.9 Å². The van der Waals surface area contributed by atoms with Gasteiger partial charge in [0.25, 0.3) is 11.8 Å². The first-order valence-electron chi connectivity index (χ1n) is 9.24. The number of hydrogen-bond donors (Lipinski definition) is 0. The maximum absolute atomic E-state index is 13.0. The van der Waals surface area contributed by atoms with Crippen LogP contribution in [0.2, 0.25) is 5.15 Å². The number of rotatable bonds is 4. The molecule has 0 bridgehead atoms. The average Bonchev–Trinajstić information content (AvgIpc) is 3.49. The SMILES string of the molecule is O=C1c2ccccc2C(=O)N1C(Cc1cc2ccc(Br)cc2nc1Cl)C1CC1. The molecule has 0 spiro atoms. The molecular weight excluding hydrogens is 440 g/mol. The zero-order valence-electron chi connectivity index (χ0n) is 14.9. The Morgan fingerprint density at radius 2 is 1.75 bits per heavy atom. The minimum Gasteiger partial charge on any atom is -0.271 e. The molecule has 1 unspecified atom stereocenters. The molecule has 2 heterocycles. The Hall–Kier alpha value is -2.24. The molecule has 1 aliphatic heterocycles. The molecule has 5 rings (SSSR count). The van der Waals surface area contributed by atoms with E-state index in [0.717, 1.165) is 33.8 Å². The van der Waals surface area contributed by atoms with Gasteiger partial charge in [-0.25, -0.2) is 4.98 Å². The summed E-state index contributed by atoms with van der Waals surface area (Å²) >= 11 is 9.93. The van der Waals surface area contributed by atoms with E-state index in [1.165, 1.54) is 4.90 Å². The molecule has 140 valence electrons. The summed E-state index contributed by atoms with van der Waals surface area (Å²) in [6.45, 7) is 0. The Bertz CT molecular complexity index is 1110. The first-order chi connectivity index (χ1) is 13.5. The molecule has 0 radical (unpaired) electrons. The monoisotopic (exact) mass is 454 g/mol. The quantitative estimate of drug-likeness (QED) is 0.398. The molecule has 1 fully saturated rings. The van der Waals surface area contributed by atoms with Gasteiger partial charge in [0.2, 0.25) is 0 Å². The number of carbonyl (C=O) groups is 2. The summed E-state index contributed by atoms with van der Waals surface area (Å²) in [6, 6.07) is 14.7. The molecule has 1 saturated carbocycles. The van der Waals surface area contributed by atoms with Crippen LogP contribution in [0.4, 0.5) is 0 Å². The Morgan fingerprint density at radius 3 is 2.39 bits per heavy atom. The standard InChI is InChI=1S/C22H16BrClN2O2/c23-15-8-7-13-9-14(20(24)25-18(13)11-15)10-19(12-5-6-12)26-21(27)16-3-1-2-4-17(16)22(26)28/h1-4,7-9,11-12,19H,5-6,10H2. The fourth-order valence-corrected chi connectivity index (χ4v) is 4.56. The van der Waals surface area contributed by atoms with Gasteiger partial charge in [0.05, 0.1) is 16.6 Å². The molecule has 1 aromatic heterocycles. The van der Waals surface area contributed by atoms with Gasteiger partial charge in [0.1, 0.15) is 5.15 Å². The molecule has 2 amide bonds. The first-order valence-corrected chi connectivity index (χ1v) is 10.4. The fraction of sp³-hybridized carbons (Fsp3) is 0.227. The number of imide groups is 1. The van der Waals surface area contributed by atoms with Gasteiger partial charge in [-0.3, -0.25) is 14.5 Å². The van der Waals surface area contributed by atoms with Crippen molar-refractivity contribution in [2.75, 3.05) is 0 Å². The van der Waals surface area contributed by atoms with Crippen LogP contribution in [0.15, 0.2) is 53.0 Å². The summed E-state index contributed by atoms with van der Waals surface area (Å²) in [5.74, 6) is -0.0866. The zero-order valence-corrected chi connectivity index (χ0v) is 17.2. The highest BCUT2D eigenvalue weighted by atomic mass is 79.9. The molecule has 1 aliphatic carbocycles. The summed E-state index contributed by atoms with van der Waals surface area (Å²) < 4.78 is 0.943. The third-order valence-electron chi connectivity index (χ3n) is 5.56. The Morgan fingerprint density at radius 1 is 1.07 bits per heavy atom. The van der Waals surface area contributed by atoms with Crippen LogP contribution < -0.4 is 0 Å². The maximum atomic E-state index is 13.0. The van der Waals surface area contributed by atoms with Crippen LogP contribution in [-0.2, 0) is 6.42 Å². The van der Waals surface area contributed by atoms with E-state index in [9.17, 15) is 9.59 Å². The summed E-state index contributed by atoms with van der Waals surface area (Å²) in [4.78, 5) is 31.9. The number of amides is 2. The van der Waals surface area contributed by atoms with Crippen LogP contribution in [0.25, 0.3) is 10.9 Å². The molecule has 0 N–H and O–H groups in total. The van der Waals surface area contributed by atoms with E-state index in [1.807, 2.05) is 24.3 Å². The molecule has 0 saturated heterocycles. The Balaban J connectivity index is 1.52. The number of hydrogen-bond acceptors (Lipinski definition) is 3. The number of aromatic nitrogens is 1. The minimum atomic E-state index is -0.202. The highest BCUT2D eigenvalue weighted by Gasteiger charge is 2.45. The molecule has 3 aromatic rings. The lowest BCUT2D eigenvalue weighted by molar-refractivity contribution is 0.0563. The number of benzene rings is 2. The van der Waals surface area contributed by atoms with Crippen LogP contribution in [-0.4, -0.2) is 27.7 Å². The number of pyridine rings is 1. The lowest BCUT2D eigenvalue weighted by Crippen LogP contribution is -2.42. The lowest BCUT2D eigenvalue weighted by atomic mass is 10.0. The fourth-order valence-electron chi connectivity index (χ4n) is 3.99. The van der Waals surface area contributed by atoms with Crippen LogP contribution in [0.1, 0.15) is 39.1 Å². The topological polar surface area (TPSA) is 50.3 Å². The first kappa shape index (κ1) is 17.8. The van der Waals surface area contributed by atoms with Crippen LogP contribution in [0, 0.1) is 5.92 Å². The van der Waals surface area contributed by atoms with Crippen molar-refractivity contribution in [2.24, 2.45) is 5.92 Å². The van der Waals surface area contributed by atoms with Gasteiger partial charge in [-0.2, -0.15) is 0 Å². The molecule has 2 aliphatic rings. The van der Waals surface area contributed by atoms with E-state index in [1.54, 1.807) is 24.3 Å². The van der Waals surface area contributed by atoms with Gasteiger partial charge in [-0.15, -0.1) is 0 Å². The van der Waals surface area contributed by atoms with Gasteiger partial charge in [0.15, 0.2) is 0 Å². The van der Waals surface area contributed by atoms with Gasteiger partial charge in [0, 0.05) is 15.9 Å². The summed E-state index contributed by atoms with van der Waals surface area (Å²) in [6.07, 6.45) is 2.56. The van der Waals surface area contributed by atoms with E-state index < -0.39 is 0 Å². The Labute approximate surface area is 175 Å². The summed E-state index contributed by atoms with van der Waals surface area (Å²) in [5, 5.41) is 1.41. The second kappa shape index (κ2) is 6.68. The third kappa shape index (κ3) is 2.93. The summed E-state index contributed by atoms with van der Waals surface area (Å²) in [7, 11) is 0. The zero-order chi connectivity index (χ0) is 19.4. The van der Waals surface area contributed by atoms with Crippen LogP contribution in [0.3, 0.4) is 0 Å². The van der Waals surface area contributed by atoms with E-state index in [-0.39, 0.29) is 17.9 Å². The highest BCUT2D eigenvalue weighted by molar-refractivity contribution is 9.10. The van der Waals surface area contributed by atoms with Gasteiger partial charge < -0.3 is 0 Å². The highest BCUT2D eigenvalue weighted by Crippen LogP contribution is 2.40. The van der Waals surface area contributed by atoms with Crippen molar-refractivity contribution >= 4 is 50.2 Å². The third-order valence-corrected chi connectivity index (χ3v) is 6.38. The normalized spacial score (nSPS) is 17.3. The van der Waals surface area contributed by atoms with Crippen molar-refractivity contribution in [1.29, 1.82) is 0 Å². The lowest BCUT2D eigenvalue weighted by Gasteiger charge is -2.26. The van der Waals surface area contributed by atoms with Crippen LogP contribution in [0.5, 0.6) is 0 Å². The average molecular weight is 456 g/mol. The molecule has 28 heavy (non-hydrogen) atoms. The van der Waals surface area contributed by atoms with Crippen molar-refractivity contribution in [3.63, 3.8) is 0 Å².